The fourth-order valence-electron chi connectivity index (χ4n) is 3.50. The number of aryl methyl sites for hydroxylation is 1. The molecule has 1 aliphatic rings. The Morgan fingerprint density at radius 1 is 1.03 bits per heavy atom. The van der Waals surface area contributed by atoms with Crippen molar-refractivity contribution in [1.82, 2.24) is 4.90 Å². The van der Waals surface area contributed by atoms with Crippen LogP contribution in [0.15, 0.2) is 42.5 Å². The highest BCUT2D eigenvalue weighted by atomic mass is 19.4. The second kappa shape index (κ2) is 8.86. The van der Waals surface area contributed by atoms with E-state index in [1.54, 1.807) is 0 Å². The van der Waals surface area contributed by atoms with Crippen LogP contribution in [0.4, 0.5) is 24.5 Å². The molecule has 0 saturated carbocycles. The van der Waals surface area contributed by atoms with Gasteiger partial charge in [0.1, 0.15) is 0 Å². The van der Waals surface area contributed by atoms with Crippen LogP contribution < -0.4 is 10.2 Å². The number of halogens is 3. The zero-order valence-corrected chi connectivity index (χ0v) is 16.7. The first-order chi connectivity index (χ1) is 13.8. The summed E-state index contributed by atoms with van der Waals surface area (Å²) in [5.74, 6) is -0.253. The van der Waals surface area contributed by atoms with E-state index >= 15 is 0 Å². The lowest BCUT2D eigenvalue weighted by molar-refractivity contribution is -0.137. The van der Waals surface area contributed by atoms with Gasteiger partial charge in [0.05, 0.1) is 12.0 Å². The first kappa shape index (κ1) is 21.2. The Morgan fingerprint density at radius 3 is 2.24 bits per heavy atom. The van der Waals surface area contributed by atoms with E-state index < -0.39 is 11.7 Å². The Balaban J connectivity index is 1.59. The number of carbonyl (C=O) groups is 1. The molecule has 1 N–H and O–H groups in total. The van der Waals surface area contributed by atoms with Crippen molar-refractivity contribution in [2.45, 2.75) is 26.4 Å². The number of piperazine rings is 1. The van der Waals surface area contributed by atoms with Gasteiger partial charge in [-0.2, -0.15) is 13.2 Å². The summed E-state index contributed by atoms with van der Waals surface area (Å²) in [5.41, 5.74) is 2.64. The minimum absolute atomic E-state index is 0.0261. The molecule has 3 rings (SSSR count). The van der Waals surface area contributed by atoms with Crippen molar-refractivity contribution < 1.29 is 18.0 Å². The molecule has 1 fully saturated rings. The molecule has 0 bridgehead atoms. The van der Waals surface area contributed by atoms with Gasteiger partial charge in [0.25, 0.3) is 0 Å². The van der Waals surface area contributed by atoms with Crippen molar-refractivity contribution in [3.63, 3.8) is 0 Å². The topological polar surface area (TPSA) is 35.6 Å². The molecule has 0 atom stereocenters. The van der Waals surface area contributed by atoms with Crippen LogP contribution in [0.3, 0.4) is 0 Å². The van der Waals surface area contributed by atoms with E-state index in [0.29, 0.717) is 5.56 Å². The minimum Gasteiger partial charge on any atom is -0.369 e. The second-order valence-corrected chi connectivity index (χ2v) is 7.34. The third kappa shape index (κ3) is 5.50. The van der Waals surface area contributed by atoms with E-state index in [1.165, 1.54) is 12.1 Å². The molecule has 7 heteroatoms. The molecule has 2 aromatic carbocycles. The average Bonchev–Trinajstić information content (AvgIpc) is 2.69. The highest BCUT2D eigenvalue weighted by Crippen LogP contribution is 2.29. The van der Waals surface area contributed by atoms with Crippen LogP contribution in [0.2, 0.25) is 0 Å². The maximum Gasteiger partial charge on any atom is 0.416 e. The fraction of sp³-hybridized carbons (Fsp3) is 0.409. The summed E-state index contributed by atoms with van der Waals surface area (Å²) in [4.78, 5) is 17.1. The standard InChI is InChI=1S/C22H26F3N3O/c1-3-27-10-12-28(13-11-27)19-8-9-20(16(2)14-19)26-21(29)15-17-4-6-18(7-5-17)22(23,24)25/h4-9,14H,3,10-13,15H2,1-2H3,(H,26,29). The predicted molar refractivity (Wildman–Crippen MR) is 109 cm³/mol. The van der Waals surface area contributed by atoms with E-state index in [0.717, 1.165) is 61.8 Å². The van der Waals surface area contributed by atoms with Crippen LogP contribution in [-0.4, -0.2) is 43.5 Å². The molecule has 0 spiro atoms. The molecule has 2 aromatic rings. The molecule has 29 heavy (non-hydrogen) atoms. The van der Waals surface area contributed by atoms with Gasteiger partial charge in [-0.15, -0.1) is 0 Å². The summed E-state index contributed by atoms with van der Waals surface area (Å²) in [7, 11) is 0. The Morgan fingerprint density at radius 2 is 1.69 bits per heavy atom. The van der Waals surface area contributed by atoms with Gasteiger partial charge in [0, 0.05) is 37.6 Å². The lowest BCUT2D eigenvalue weighted by atomic mass is 10.1. The number of nitrogens with one attached hydrogen (secondary N) is 1. The zero-order valence-electron chi connectivity index (χ0n) is 16.7. The lowest BCUT2D eigenvalue weighted by Crippen LogP contribution is -2.46. The van der Waals surface area contributed by atoms with Crippen molar-refractivity contribution in [2.24, 2.45) is 0 Å². The summed E-state index contributed by atoms with van der Waals surface area (Å²) in [6, 6.07) is 10.6. The van der Waals surface area contributed by atoms with E-state index in [4.69, 9.17) is 0 Å². The SMILES string of the molecule is CCN1CCN(c2ccc(NC(=O)Cc3ccc(C(F)(F)F)cc3)c(C)c2)CC1. The molecule has 1 aliphatic heterocycles. The zero-order chi connectivity index (χ0) is 21.0. The summed E-state index contributed by atoms with van der Waals surface area (Å²) in [5, 5.41) is 2.86. The van der Waals surface area contributed by atoms with Crippen LogP contribution in [0, 0.1) is 6.92 Å². The highest BCUT2D eigenvalue weighted by molar-refractivity contribution is 5.93. The molecule has 0 radical (unpaired) electrons. The number of carbonyl (C=O) groups excluding carboxylic acids is 1. The summed E-state index contributed by atoms with van der Waals surface area (Å²) >= 11 is 0. The molecule has 1 heterocycles. The molecule has 0 aromatic heterocycles. The third-order valence-electron chi connectivity index (χ3n) is 5.31. The van der Waals surface area contributed by atoms with Gasteiger partial charge >= 0.3 is 6.18 Å². The second-order valence-electron chi connectivity index (χ2n) is 7.34. The summed E-state index contributed by atoms with van der Waals surface area (Å²) in [6.45, 7) is 9.22. The van der Waals surface area contributed by atoms with Crippen molar-refractivity contribution >= 4 is 17.3 Å². The molecule has 0 unspecified atom stereocenters. The largest absolute Gasteiger partial charge is 0.416 e. The van der Waals surface area contributed by atoms with Crippen LogP contribution in [0.5, 0.6) is 0 Å². The normalized spacial score (nSPS) is 15.4. The van der Waals surface area contributed by atoms with Gasteiger partial charge in [-0.05, 0) is 54.9 Å². The van der Waals surface area contributed by atoms with Crippen LogP contribution in [0.25, 0.3) is 0 Å². The van der Waals surface area contributed by atoms with Crippen LogP contribution in [0.1, 0.15) is 23.6 Å². The molecule has 0 aliphatic carbocycles. The van der Waals surface area contributed by atoms with Gasteiger partial charge < -0.3 is 15.1 Å². The predicted octanol–water partition coefficient (Wildman–Crippen LogP) is 4.34. The Kier molecular flexibility index (Phi) is 6.47. The van der Waals surface area contributed by atoms with E-state index in [1.807, 2.05) is 19.1 Å². The molecular weight excluding hydrogens is 379 g/mol. The van der Waals surface area contributed by atoms with Crippen molar-refractivity contribution in [3.05, 3.63) is 59.2 Å². The molecular formula is C22H26F3N3O. The number of benzene rings is 2. The summed E-state index contributed by atoms with van der Waals surface area (Å²) in [6.07, 6.45) is -4.35. The van der Waals surface area contributed by atoms with Crippen molar-refractivity contribution in [2.75, 3.05) is 42.9 Å². The van der Waals surface area contributed by atoms with Crippen LogP contribution in [-0.2, 0) is 17.4 Å². The summed E-state index contributed by atoms with van der Waals surface area (Å²) < 4.78 is 37.9. The number of hydrogen-bond acceptors (Lipinski definition) is 3. The van der Waals surface area contributed by atoms with E-state index in [9.17, 15) is 18.0 Å². The minimum atomic E-state index is -4.37. The van der Waals surface area contributed by atoms with Crippen molar-refractivity contribution in [3.8, 4) is 0 Å². The Hall–Kier alpha value is -2.54. The lowest BCUT2D eigenvalue weighted by Gasteiger charge is -2.35. The first-order valence-corrected chi connectivity index (χ1v) is 9.80. The molecule has 4 nitrogen and oxygen atoms in total. The number of rotatable bonds is 5. The van der Waals surface area contributed by atoms with Gasteiger partial charge in [0.2, 0.25) is 5.91 Å². The maximum atomic E-state index is 12.6. The molecule has 1 amide bonds. The highest BCUT2D eigenvalue weighted by Gasteiger charge is 2.30. The first-order valence-electron chi connectivity index (χ1n) is 9.80. The van der Waals surface area contributed by atoms with E-state index in [2.05, 4.69) is 28.1 Å². The fourth-order valence-corrected chi connectivity index (χ4v) is 3.50. The van der Waals surface area contributed by atoms with Gasteiger partial charge in [-0.1, -0.05) is 19.1 Å². The van der Waals surface area contributed by atoms with Gasteiger partial charge in [-0.25, -0.2) is 0 Å². The maximum absolute atomic E-state index is 12.6. The van der Waals surface area contributed by atoms with Crippen molar-refractivity contribution in [1.29, 1.82) is 0 Å². The number of anilines is 2. The third-order valence-corrected chi connectivity index (χ3v) is 5.31. The molecule has 156 valence electrons. The number of nitrogens with zero attached hydrogens (tertiary/aromatic N) is 2. The van der Waals surface area contributed by atoms with E-state index in [-0.39, 0.29) is 12.3 Å². The Bertz CT molecular complexity index is 841. The smallest absolute Gasteiger partial charge is 0.369 e. The number of likely N-dealkylation sites (N-methyl/N-ethyl adjacent to an activating group) is 1. The quantitative estimate of drug-likeness (QED) is 0.804. The van der Waals surface area contributed by atoms with Gasteiger partial charge in [0.15, 0.2) is 0 Å². The average molecular weight is 405 g/mol. The number of amides is 1. The van der Waals surface area contributed by atoms with Crippen LogP contribution >= 0.6 is 0 Å². The Labute approximate surface area is 169 Å². The molecule has 1 saturated heterocycles. The monoisotopic (exact) mass is 405 g/mol. The van der Waals surface area contributed by atoms with Gasteiger partial charge in [-0.3, -0.25) is 4.79 Å². The number of alkyl halides is 3. The number of hydrogen-bond donors (Lipinski definition) is 1.